The number of hydrogen-bond acceptors (Lipinski definition) is 2. The van der Waals surface area contributed by atoms with Crippen LogP contribution in [0, 0.1) is 5.92 Å². The molecule has 0 radical (unpaired) electrons. The molecule has 0 aliphatic heterocycles. The van der Waals surface area contributed by atoms with E-state index in [1.807, 2.05) is 55.9 Å². The van der Waals surface area contributed by atoms with Crippen molar-refractivity contribution in [3.63, 3.8) is 0 Å². The van der Waals surface area contributed by atoms with Gasteiger partial charge in [-0.3, -0.25) is 4.79 Å². The van der Waals surface area contributed by atoms with E-state index in [1.54, 1.807) is 0 Å². The number of para-hydroxylation sites is 1. The van der Waals surface area contributed by atoms with E-state index in [4.69, 9.17) is 0 Å². The van der Waals surface area contributed by atoms with Crippen LogP contribution in [0.4, 0.5) is 0 Å². The molecule has 23 heavy (non-hydrogen) atoms. The van der Waals surface area contributed by atoms with E-state index >= 15 is 0 Å². The molecule has 0 aliphatic rings. The molecule has 2 N–H and O–H groups in total. The molecule has 0 saturated heterocycles. The number of carbonyl (C=O) groups is 2. The Hall–Kier alpha value is -2.30. The molecule has 1 heterocycles. The SMILES string of the molecule is CCC(C)C(NC(=O)CCc1cn(C)c2ccccc12)C(=O)O. The van der Waals surface area contributed by atoms with Crippen molar-refractivity contribution in [2.24, 2.45) is 13.0 Å². The van der Waals surface area contributed by atoms with Gasteiger partial charge in [0.25, 0.3) is 0 Å². The third-order valence-corrected chi connectivity index (χ3v) is 4.40. The summed E-state index contributed by atoms with van der Waals surface area (Å²) in [4.78, 5) is 23.4. The highest BCUT2D eigenvalue weighted by Crippen LogP contribution is 2.21. The Kier molecular flexibility index (Phi) is 5.42. The fourth-order valence-electron chi connectivity index (χ4n) is 2.80. The fourth-order valence-corrected chi connectivity index (χ4v) is 2.80. The molecule has 0 spiro atoms. The maximum Gasteiger partial charge on any atom is 0.326 e. The van der Waals surface area contributed by atoms with Crippen molar-refractivity contribution in [1.82, 2.24) is 9.88 Å². The van der Waals surface area contributed by atoms with Crippen LogP contribution in [-0.2, 0) is 23.1 Å². The van der Waals surface area contributed by atoms with E-state index in [2.05, 4.69) is 5.32 Å². The molecule has 0 fully saturated rings. The first kappa shape index (κ1) is 17.1. The highest BCUT2D eigenvalue weighted by molar-refractivity contribution is 5.86. The molecule has 5 nitrogen and oxygen atoms in total. The molecule has 124 valence electrons. The standard InChI is InChI=1S/C18H24N2O3/c1-4-12(2)17(18(22)23)19-16(21)10-9-13-11-20(3)15-8-6-5-7-14(13)15/h5-8,11-12,17H,4,9-10H2,1-3H3,(H,19,21)(H,22,23). The number of hydrogen-bond donors (Lipinski definition) is 2. The molecule has 5 heteroatoms. The Labute approximate surface area is 136 Å². The van der Waals surface area contributed by atoms with Gasteiger partial charge in [-0.25, -0.2) is 4.79 Å². The highest BCUT2D eigenvalue weighted by atomic mass is 16.4. The van der Waals surface area contributed by atoms with E-state index in [9.17, 15) is 14.7 Å². The van der Waals surface area contributed by atoms with Crippen molar-refractivity contribution >= 4 is 22.8 Å². The predicted molar refractivity (Wildman–Crippen MR) is 90.3 cm³/mol. The van der Waals surface area contributed by atoms with Crippen LogP contribution in [0.3, 0.4) is 0 Å². The summed E-state index contributed by atoms with van der Waals surface area (Å²) in [5.74, 6) is -1.28. The monoisotopic (exact) mass is 316 g/mol. The Bertz CT molecular complexity index is 705. The number of aromatic nitrogens is 1. The number of carboxylic acids is 1. The number of benzene rings is 1. The van der Waals surface area contributed by atoms with E-state index < -0.39 is 12.0 Å². The van der Waals surface area contributed by atoms with Gasteiger partial charge in [0.1, 0.15) is 6.04 Å². The topological polar surface area (TPSA) is 71.3 Å². The smallest absolute Gasteiger partial charge is 0.326 e. The van der Waals surface area contributed by atoms with Crippen LogP contribution in [0.1, 0.15) is 32.3 Å². The number of nitrogens with one attached hydrogen (secondary N) is 1. The summed E-state index contributed by atoms with van der Waals surface area (Å²) in [5, 5.41) is 13.0. The molecule has 1 aromatic heterocycles. The van der Waals surface area contributed by atoms with Gasteiger partial charge in [-0.05, 0) is 24.0 Å². The number of nitrogens with zero attached hydrogens (tertiary/aromatic N) is 1. The minimum absolute atomic E-state index is 0.0889. The van der Waals surface area contributed by atoms with E-state index in [0.717, 1.165) is 16.5 Å². The number of carboxylic acid groups (broad SMARTS) is 1. The minimum atomic E-state index is -0.974. The van der Waals surface area contributed by atoms with E-state index in [0.29, 0.717) is 12.8 Å². The summed E-state index contributed by atoms with van der Waals surface area (Å²) < 4.78 is 2.04. The second kappa shape index (κ2) is 7.31. The van der Waals surface area contributed by atoms with Crippen LogP contribution in [0.2, 0.25) is 0 Å². The number of aliphatic carboxylic acids is 1. The van der Waals surface area contributed by atoms with Gasteiger partial charge in [0, 0.05) is 30.6 Å². The third kappa shape index (κ3) is 3.92. The minimum Gasteiger partial charge on any atom is -0.480 e. The van der Waals surface area contributed by atoms with Crippen LogP contribution in [-0.4, -0.2) is 27.6 Å². The fraction of sp³-hybridized carbons (Fsp3) is 0.444. The second-order valence-corrected chi connectivity index (χ2v) is 6.05. The quantitative estimate of drug-likeness (QED) is 0.825. The zero-order valence-corrected chi connectivity index (χ0v) is 13.9. The maximum atomic E-state index is 12.1. The Morgan fingerprint density at radius 2 is 2.00 bits per heavy atom. The lowest BCUT2D eigenvalue weighted by atomic mass is 9.99. The van der Waals surface area contributed by atoms with Gasteiger partial charge in [0.05, 0.1) is 0 Å². The average molecular weight is 316 g/mol. The van der Waals surface area contributed by atoms with Crippen LogP contribution in [0.5, 0.6) is 0 Å². The van der Waals surface area contributed by atoms with Gasteiger partial charge < -0.3 is 15.0 Å². The molecule has 1 amide bonds. The number of rotatable bonds is 7. The first-order chi connectivity index (χ1) is 10.9. The van der Waals surface area contributed by atoms with Crippen molar-refractivity contribution in [2.75, 3.05) is 0 Å². The van der Waals surface area contributed by atoms with Gasteiger partial charge >= 0.3 is 5.97 Å². The first-order valence-electron chi connectivity index (χ1n) is 7.99. The number of amides is 1. The lowest BCUT2D eigenvalue weighted by Crippen LogP contribution is -2.45. The van der Waals surface area contributed by atoms with Crippen molar-refractivity contribution in [3.8, 4) is 0 Å². The largest absolute Gasteiger partial charge is 0.480 e. The zero-order chi connectivity index (χ0) is 17.0. The molecule has 0 aliphatic carbocycles. The molecule has 2 aromatic rings. The van der Waals surface area contributed by atoms with Crippen molar-refractivity contribution in [1.29, 1.82) is 0 Å². The summed E-state index contributed by atoms with van der Waals surface area (Å²) in [6, 6.07) is 7.24. The van der Waals surface area contributed by atoms with Gasteiger partial charge in [0.15, 0.2) is 0 Å². The second-order valence-electron chi connectivity index (χ2n) is 6.05. The van der Waals surface area contributed by atoms with Gasteiger partial charge in [-0.15, -0.1) is 0 Å². The third-order valence-electron chi connectivity index (χ3n) is 4.40. The van der Waals surface area contributed by atoms with Crippen LogP contribution in [0.25, 0.3) is 10.9 Å². The molecular formula is C18H24N2O3. The Balaban J connectivity index is 2.02. The van der Waals surface area contributed by atoms with E-state index in [1.165, 1.54) is 0 Å². The lowest BCUT2D eigenvalue weighted by Gasteiger charge is -2.20. The Morgan fingerprint density at radius 1 is 1.30 bits per heavy atom. The van der Waals surface area contributed by atoms with Crippen LogP contribution < -0.4 is 5.32 Å². The summed E-state index contributed by atoms with van der Waals surface area (Å²) >= 11 is 0. The molecule has 2 unspecified atom stereocenters. The maximum absolute atomic E-state index is 12.1. The molecule has 2 rings (SSSR count). The first-order valence-corrected chi connectivity index (χ1v) is 7.99. The number of fused-ring (bicyclic) bond motifs is 1. The van der Waals surface area contributed by atoms with Crippen molar-refractivity contribution in [3.05, 3.63) is 36.0 Å². The highest BCUT2D eigenvalue weighted by Gasteiger charge is 2.25. The van der Waals surface area contributed by atoms with Crippen molar-refractivity contribution < 1.29 is 14.7 Å². The van der Waals surface area contributed by atoms with Gasteiger partial charge in [0.2, 0.25) is 5.91 Å². The summed E-state index contributed by atoms with van der Waals surface area (Å²) in [6.07, 6.45) is 3.62. The van der Waals surface area contributed by atoms with Gasteiger partial charge in [-0.1, -0.05) is 38.5 Å². The van der Waals surface area contributed by atoms with Gasteiger partial charge in [-0.2, -0.15) is 0 Å². The average Bonchev–Trinajstić information content (AvgIpc) is 2.86. The summed E-state index contributed by atoms with van der Waals surface area (Å²) in [6.45, 7) is 3.76. The van der Waals surface area contributed by atoms with Crippen LogP contribution >= 0.6 is 0 Å². The molecular weight excluding hydrogens is 292 g/mol. The van der Waals surface area contributed by atoms with E-state index in [-0.39, 0.29) is 18.2 Å². The van der Waals surface area contributed by atoms with Crippen molar-refractivity contribution in [2.45, 2.75) is 39.2 Å². The normalized spacial score (nSPS) is 13.7. The number of aryl methyl sites for hydroxylation is 2. The zero-order valence-electron chi connectivity index (χ0n) is 13.9. The Morgan fingerprint density at radius 3 is 2.65 bits per heavy atom. The lowest BCUT2D eigenvalue weighted by molar-refractivity contribution is -0.143. The molecule has 0 saturated carbocycles. The predicted octanol–water partition coefficient (Wildman–Crippen LogP) is 2.73. The summed E-state index contributed by atoms with van der Waals surface area (Å²) in [7, 11) is 1.98. The van der Waals surface area contributed by atoms with Crippen LogP contribution in [0.15, 0.2) is 30.5 Å². The number of carbonyl (C=O) groups excluding carboxylic acids is 1. The molecule has 2 atom stereocenters. The molecule has 0 bridgehead atoms. The molecule has 1 aromatic carbocycles. The summed E-state index contributed by atoms with van der Waals surface area (Å²) in [5.41, 5.74) is 2.24.